The molecule has 4 rings (SSSR count). The van der Waals surface area contributed by atoms with E-state index in [2.05, 4.69) is 0 Å². The second kappa shape index (κ2) is 21.5. The van der Waals surface area contributed by atoms with Gasteiger partial charge in [0.15, 0.2) is 0 Å². The normalized spacial score (nSPS) is 40.6. The zero-order valence-electron chi connectivity index (χ0n) is 36.9. The lowest BCUT2D eigenvalue weighted by molar-refractivity contribution is -0.302. The molecule has 1 amide bonds. The van der Waals surface area contributed by atoms with Crippen molar-refractivity contribution in [1.82, 2.24) is 4.90 Å². The fraction of sp³-hybridized carbons (Fsp3) is 0.822. The van der Waals surface area contributed by atoms with E-state index >= 15 is 4.39 Å². The number of aliphatic hydroxyl groups is 3. The lowest BCUT2D eigenvalue weighted by atomic mass is 9.81. The Hall–Kier alpha value is -2.59. The van der Waals surface area contributed by atoms with Crippen molar-refractivity contribution in [1.29, 1.82) is 0 Å². The SMILES string of the molecule is CCC1C=C(C)C(F)C(C)CC(OC)C2OC(O)(C(=O)C(=O)N3CCCCC3C(=O)OC(C(C)=CC3CCC(OC(C)C)C(O)C3)C(C)C(O)CC1=O)C(C)CC2OC. The summed E-state index contributed by atoms with van der Waals surface area (Å²) in [6.45, 7) is 14.1. The molecule has 0 aromatic heterocycles. The molecule has 14 heteroatoms. The van der Waals surface area contributed by atoms with Crippen molar-refractivity contribution in [2.45, 2.75) is 186 Å². The number of hydrogen-bond donors (Lipinski definition) is 3. The third-order valence-corrected chi connectivity index (χ3v) is 13.2. The first-order valence-corrected chi connectivity index (χ1v) is 21.8. The van der Waals surface area contributed by atoms with Crippen LogP contribution in [0.3, 0.4) is 0 Å². The van der Waals surface area contributed by atoms with E-state index in [4.69, 9.17) is 23.7 Å². The molecule has 13 nitrogen and oxygen atoms in total. The van der Waals surface area contributed by atoms with Crippen LogP contribution in [0.15, 0.2) is 23.3 Å². The van der Waals surface area contributed by atoms with E-state index in [1.807, 2.05) is 26.8 Å². The van der Waals surface area contributed by atoms with Gasteiger partial charge < -0.3 is 43.9 Å². The van der Waals surface area contributed by atoms with Gasteiger partial charge in [-0.3, -0.25) is 14.4 Å². The summed E-state index contributed by atoms with van der Waals surface area (Å²) >= 11 is 0. The van der Waals surface area contributed by atoms with Gasteiger partial charge in [-0.25, -0.2) is 9.18 Å². The standard InChI is InChI=1S/C45H72FNO12/c1-11-31-19-25(4)39(46)26(5)20-37(55-9)41-38(56-10)21-28(7)45(54,59-41)42(51)43(52)47-17-13-12-14-32(47)44(53)58-40(29(8)33(48)23-34(31)49)27(6)18-30-15-16-36(35(50)22-30)57-24(2)3/h18-19,24,26,28-33,35-41,48,50,54H,11-17,20-23H2,1-10H3. The predicted octanol–water partition coefficient (Wildman–Crippen LogP) is 5.20. The lowest BCUT2D eigenvalue weighted by Gasteiger charge is -2.47. The van der Waals surface area contributed by atoms with Gasteiger partial charge in [0.05, 0.1) is 36.6 Å². The number of Topliss-reactive ketones (excluding diaryl/α,β-unsaturated/α-hetero) is 2. The van der Waals surface area contributed by atoms with Gasteiger partial charge in [-0.1, -0.05) is 39.8 Å². The summed E-state index contributed by atoms with van der Waals surface area (Å²) in [6.07, 6.45) is -0.665. The van der Waals surface area contributed by atoms with Crippen molar-refractivity contribution in [2.24, 2.45) is 29.6 Å². The zero-order chi connectivity index (χ0) is 43.9. The number of aliphatic hydroxyl groups excluding tert-OH is 2. The van der Waals surface area contributed by atoms with Gasteiger partial charge in [-0.05, 0) is 108 Å². The Morgan fingerprint density at radius 2 is 1.64 bits per heavy atom. The third kappa shape index (κ3) is 11.7. The maximum absolute atomic E-state index is 16.2. The van der Waals surface area contributed by atoms with Crippen LogP contribution in [0.1, 0.15) is 120 Å². The highest BCUT2D eigenvalue weighted by Gasteiger charge is 2.57. The number of alkyl halides is 1. The van der Waals surface area contributed by atoms with E-state index in [0.717, 1.165) is 4.90 Å². The first-order valence-electron chi connectivity index (χ1n) is 21.8. The molecule has 2 bridgehead atoms. The molecule has 0 aromatic rings. The molecule has 0 aromatic carbocycles. The molecule has 3 aliphatic heterocycles. The minimum atomic E-state index is -2.61. The number of esters is 1. The number of piperidine rings is 1. The summed E-state index contributed by atoms with van der Waals surface area (Å²) in [5, 5.41) is 34.6. The summed E-state index contributed by atoms with van der Waals surface area (Å²) < 4.78 is 46.1. The van der Waals surface area contributed by atoms with Crippen molar-refractivity contribution in [3.63, 3.8) is 0 Å². The Bertz CT molecular complexity index is 1520. The number of fused-ring (bicyclic) bond motifs is 3. The number of ketones is 2. The van der Waals surface area contributed by atoms with Gasteiger partial charge in [0.1, 0.15) is 30.2 Å². The van der Waals surface area contributed by atoms with Crippen LogP contribution >= 0.6 is 0 Å². The Morgan fingerprint density at radius 1 is 0.983 bits per heavy atom. The Kier molecular flexibility index (Phi) is 17.9. The highest BCUT2D eigenvalue weighted by Crippen LogP contribution is 2.39. The second-order valence-electron chi connectivity index (χ2n) is 18.1. The van der Waals surface area contributed by atoms with Gasteiger partial charge in [0.2, 0.25) is 5.79 Å². The highest BCUT2D eigenvalue weighted by molar-refractivity contribution is 6.39. The van der Waals surface area contributed by atoms with Crippen LogP contribution in [0.5, 0.6) is 0 Å². The van der Waals surface area contributed by atoms with Crippen LogP contribution in [0, 0.1) is 29.6 Å². The molecule has 3 heterocycles. The minimum absolute atomic E-state index is 0.0433. The fourth-order valence-electron chi connectivity index (χ4n) is 9.56. The van der Waals surface area contributed by atoms with E-state index in [1.54, 1.807) is 40.7 Å². The van der Waals surface area contributed by atoms with Crippen LogP contribution in [0.2, 0.25) is 0 Å². The van der Waals surface area contributed by atoms with Gasteiger partial charge in [0.25, 0.3) is 11.7 Å². The number of carbonyl (C=O) groups is 4. The van der Waals surface area contributed by atoms with E-state index < -0.39 is 96.0 Å². The quantitative estimate of drug-likeness (QED) is 0.174. The van der Waals surface area contributed by atoms with Crippen LogP contribution in [0.4, 0.5) is 4.39 Å². The van der Waals surface area contributed by atoms with Crippen LogP contribution in [0.25, 0.3) is 0 Å². The number of nitrogens with zero attached hydrogens (tertiary/aromatic N) is 1. The number of halogens is 1. The summed E-state index contributed by atoms with van der Waals surface area (Å²) in [6, 6.07) is -1.18. The molecule has 59 heavy (non-hydrogen) atoms. The van der Waals surface area contributed by atoms with Crippen molar-refractivity contribution in [3.05, 3.63) is 23.3 Å². The summed E-state index contributed by atoms with van der Waals surface area (Å²) in [4.78, 5) is 57.7. The molecule has 4 aliphatic rings. The first-order chi connectivity index (χ1) is 27.8. The van der Waals surface area contributed by atoms with Crippen molar-refractivity contribution in [2.75, 3.05) is 20.8 Å². The molecule has 2 saturated heterocycles. The molecule has 1 saturated carbocycles. The van der Waals surface area contributed by atoms with E-state index in [0.29, 0.717) is 49.7 Å². The van der Waals surface area contributed by atoms with Crippen molar-refractivity contribution >= 4 is 23.4 Å². The Morgan fingerprint density at radius 3 is 2.25 bits per heavy atom. The number of amides is 1. The number of cyclic esters (lactones) is 1. The largest absolute Gasteiger partial charge is 0.456 e. The maximum Gasteiger partial charge on any atom is 0.329 e. The van der Waals surface area contributed by atoms with Crippen LogP contribution in [-0.4, -0.2) is 131 Å². The summed E-state index contributed by atoms with van der Waals surface area (Å²) in [7, 11) is 2.88. The van der Waals surface area contributed by atoms with Gasteiger partial charge in [-0.2, -0.15) is 0 Å². The van der Waals surface area contributed by atoms with Gasteiger partial charge in [-0.15, -0.1) is 0 Å². The van der Waals surface area contributed by atoms with Crippen molar-refractivity contribution in [3.8, 4) is 0 Å². The molecule has 3 N–H and O–H groups in total. The third-order valence-electron chi connectivity index (χ3n) is 13.2. The van der Waals surface area contributed by atoms with Crippen LogP contribution in [-0.2, 0) is 42.9 Å². The molecule has 15 atom stereocenters. The molecule has 336 valence electrons. The van der Waals surface area contributed by atoms with Gasteiger partial charge in [0, 0.05) is 44.9 Å². The smallest absolute Gasteiger partial charge is 0.329 e. The molecule has 3 fully saturated rings. The zero-order valence-corrected chi connectivity index (χ0v) is 36.9. The average molecular weight is 838 g/mol. The molecular weight excluding hydrogens is 765 g/mol. The Balaban J connectivity index is 1.77. The molecular formula is C45H72FNO12. The minimum Gasteiger partial charge on any atom is -0.456 e. The molecule has 0 radical (unpaired) electrons. The monoisotopic (exact) mass is 838 g/mol. The summed E-state index contributed by atoms with van der Waals surface area (Å²) in [5.74, 6) is -9.19. The van der Waals surface area contributed by atoms with Crippen LogP contribution < -0.4 is 0 Å². The summed E-state index contributed by atoms with van der Waals surface area (Å²) in [5.41, 5.74) is 0.931. The van der Waals surface area contributed by atoms with E-state index in [9.17, 15) is 34.5 Å². The maximum atomic E-state index is 16.2. The fourth-order valence-corrected chi connectivity index (χ4v) is 9.56. The Labute approximate surface area is 350 Å². The molecule has 1 aliphatic carbocycles. The van der Waals surface area contributed by atoms with Gasteiger partial charge >= 0.3 is 5.97 Å². The lowest BCUT2D eigenvalue weighted by Crippen LogP contribution is -2.64. The second-order valence-corrected chi connectivity index (χ2v) is 18.1. The topological polar surface area (TPSA) is 178 Å². The van der Waals surface area contributed by atoms with E-state index in [1.165, 1.54) is 14.2 Å². The molecule has 0 spiro atoms. The molecule has 15 unspecified atom stereocenters. The average Bonchev–Trinajstić information content (AvgIpc) is 3.20. The first kappa shape index (κ1) is 49.1. The highest BCUT2D eigenvalue weighted by atomic mass is 19.1. The number of allylic oxidation sites excluding steroid dienone is 3. The number of rotatable bonds is 7. The van der Waals surface area contributed by atoms with Crippen molar-refractivity contribution < 1.29 is 62.6 Å². The number of hydrogen-bond acceptors (Lipinski definition) is 12. The number of methoxy groups -OCH3 is 2. The number of ether oxygens (including phenoxy) is 5. The predicted molar refractivity (Wildman–Crippen MR) is 218 cm³/mol. The van der Waals surface area contributed by atoms with E-state index in [-0.39, 0.29) is 56.1 Å². The number of carbonyl (C=O) groups excluding carboxylic acids is 4.